The molecule has 0 aromatic heterocycles. The molecule has 0 bridgehead atoms. The largest absolute Gasteiger partial charge is 0.387 e. The molecule has 5 heteroatoms. The Morgan fingerprint density at radius 3 is 2.63 bits per heavy atom. The molecule has 4 N–H and O–H groups in total. The van der Waals surface area contributed by atoms with Crippen LogP contribution in [-0.2, 0) is 4.79 Å². The minimum atomic E-state index is -0.909. The Morgan fingerprint density at radius 2 is 2.00 bits per heavy atom. The second-order valence-corrected chi connectivity index (χ2v) is 6.36. The lowest BCUT2D eigenvalue weighted by Crippen LogP contribution is -2.50. The van der Waals surface area contributed by atoms with Crippen LogP contribution in [-0.4, -0.2) is 54.7 Å². The maximum absolute atomic E-state index is 12.2. The van der Waals surface area contributed by atoms with Crippen molar-refractivity contribution in [2.24, 2.45) is 11.7 Å². The number of nitrogens with zero attached hydrogens (tertiary/aromatic N) is 1. The van der Waals surface area contributed by atoms with E-state index in [2.05, 4.69) is 5.32 Å². The van der Waals surface area contributed by atoms with Crippen LogP contribution in [0.2, 0.25) is 0 Å². The van der Waals surface area contributed by atoms with E-state index in [1.54, 1.807) is 6.92 Å². The molecule has 112 valence electrons. The zero-order valence-corrected chi connectivity index (χ0v) is 12.5. The van der Waals surface area contributed by atoms with Crippen molar-refractivity contribution in [2.45, 2.75) is 50.7 Å². The summed E-state index contributed by atoms with van der Waals surface area (Å²) in [5.41, 5.74) is 5.16. The summed E-state index contributed by atoms with van der Waals surface area (Å²) in [7, 11) is 3.80. The van der Waals surface area contributed by atoms with Crippen molar-refractivity contribution in [1.82, 2.24) is 10.2 Å². The third-order valence-electron chi connectivity index (χ3n) is 3.71. The van der Waals surface area contributed by atoms with Crippen molar-refractivity contribution in [1.29, 1.82) is 0 Å². The first-order chi connectivity index (χ1) is 8.82. The third-order valence-corrected chi connectivity index (χ3v) is 3.71. The summed E-state index contributed by atoms with van der Waals surface area (Å²) >= 11 is 0. The fourth-order valence-electron chi connectivity index (χ4n) is 2.81. The highest BCUT2D eigenvalue weighted by molar-refractivity contribution is 5.79. The molecule has 0 saturated heterocycles. The van der Waals surface area contributed by atoms with Crippen LogP contribution >= 0.6 is 0 Å². The number of likely N-dealkylation sites (N-methyl/N-ethyl adjacent to an activating group) is 1. The van der Waals surface area contributed by atoms with E-state index < -0.39 is 5.60 Å². The van der Waals surface area contributed by atoms with E-state index in [1.807, 2.05) is 19.0 Å². The van der Waals surface area contributed by atoms with Crippen molar-refractivity contribution in [3.63, 3.8) is 0 Å². The number of nitrogens with one attached hydrogen (secondary N) is 1. The van der Waals surface area contributed by atoms with Gasteiger partial charge in [0, 0.05) is 19.1 Å². The number of aliphatic hydroxyl groups is 1. The fourth-order valence-corrected chi connectivity index (χ4v) is 2.81. The van der Waals surface area contributed by atoms with Gasteiger partial charge in [0.1, 0.15) is 0 Å². The molecule has 0 aromatic carbocycles. The number of hydrogen-bond donors (Lipinski definition) is 3. The van der Waals surface area contributed by atoms with E-state index >= 15 is 0 Å². The maximum Gasteiger partial charge on any atom is 0.224 e. The number of hydrogen-bond acceptors (Lipinski definition) is 4. The summed E-state index contributed by atoms with van der Waals surface area (Å²) < 4.78 is 0. The monoisotopic (exact) mass is 271 g/mol. The van der Waals surface area contributed by atoms with Gasteiger partial charge < -0.3 is 21.1 Å². The van der Waals surface area contributed by atoms with Crippen LogP contribution in [0.1, 0.15) is 39.0 Å². The maximum atomic E-state index is 12.2. The number of amides is 1. The number of nitrogens with two attached hydrogens (primary N) is 1. The van der Waals surface area contributed by atoms with Gasteiger partial charge in [0.15, 0.2) is 0 Å². The molecular weight excluding hydrogens is 242 g/mol. The molecule has 3 unspecified atom stereocenters. The van der Waals surface area contributed by atoms with Crippen molar-refractivity contribution >= 4 is 5.91 Å². The zero-order valence-electron chi connectivity index (χ0n) is 12.5. The molecule has 1 aliphatic carbocycles. The normalized spacial score (nSPS) is 27.7. The van der Waals surface area contributed by atoms with Gasteiger partial charge in [-0.15, -0.1) is 0 Å². The summed E-state index contributed by atoms with van der Waals surface area (Å²) in [6, 6.07) is -0.0405. The summed E-state index contributed by atoms with van der Waals surface area (Å²) in [5, 5.41) is 13.0. The minimum Gasteiger partial charge on any atom is -0.387 e. The Bertz CT molecular complexity index is 292. The van der Waals surface area contributed by atoms with Gasteiger partial charge in [-0.25, -0.2) is 0 Å². The van der Waals surface area contributed by atoms with Crippen LogP contribution < -0.4 is 11.1 Å². The third kappa shape index (κ3) is 5.89. The van der Waals surface area contributed by atoms with Crippen molar-refractivity contribution in [3.8, 4) is 0 Å². The standard InChI is InChI=1S/C14H29N3O2/c1-14(19,10-17(2)3)9-16-13(18)11-7-5-4-6-8-12(11)15/h11-12,19H,4-10,15H2,1-3H3,(H,16,18). The molecule has 0 aliphatic heterocycles. The van der Waals surface area contributed by atoms with Crippen molar-refractivity contribution in [2.75, 3.05) is 27.2 Å². The molecular formula is C14H29N3O2. The lowest BCUT2D eigenvalue weighted by molar-refractivity contribution is -0.127. The summed E-state index contributed by atoms with van der Waals surface area (Å²) in [6.45, 7) is 2.53. The molecule has 1 fully saturated rings. The number of carbonyl (C=O) groups excluding carboxylic acids is 1. The molecule has 0 radical (unpaired) electrons. The van der Waals surface area contributed by atoms with E-state index in [9.17, 15) is 9.90 Å². The molecule has 1 rings (SSSR count). The second-order valence-electron chi connectivity index (χ2n) is 6.36. The number of carbonyl (C=O) groups is 1. The van der Waals surface area contributed by atoms with E-state index in [1.165, 1.54) is 0 Å². The lowest BCUT2D eigenvalue weighted by Gasteiger charge is -2.28. The molecule has 0 heterocycles. The van der Waals surface area contributed by atoms with E-state index in [0.717, 1.165) is 32.1 Å². The molecule has 5 nitrogen and oxygen atoms in total. The Kier molecular flexibility index (Phi) is 6.23. The van der Waals surface area contributed by atoms with E-state index in [4.69, 9.17) is 5.73 Å². The van der Waals surface area contributed by atoms with Gasteiger partial charge >= 0.3 is 0 Å². The molecule has 1 saturated carbocycles. The van der Waals surface area contributed by atoms with E-state index in [0.29, 0.717) is 6.54 Å². The van der Waals surface area contributed by atoms with Crippen LogP contribution in [0.3, 0.4) is 0 Å². The van der Waals surface area contributed by atoms with Crippen LogP contribution in [0.15, 0.2) is 0 Å². The molecule has 3 atom stereocenters. The second kappa shape index (κ2) is 7.22. The lowest BCUT2D eigenvalue weighted by atomic mass is 9.94. The van der Waals surface area contributed by atoms with E-state index in [-0.39, 0.29) is 24.4 Å². The summed E-state index contributed by atoms with van der Waals surface area (Å²) in [6.07, 6.45) is 5.13. The average molecular weight is 271 g/mol. The van der Waals surface area contributed by atoms with Crippen LogP contribution in [0.5, 0.6) is 0 Å². The Labute approximate surface area is 116 Å². The minimum absolute atomic E-state index is 0.00608. The predicted octanol–water partition coefficient (Wildman–Crippen LogP) is 0.323. The summed E-state index contributed by atoms with van der Waals surface area (Å²) in [5.74, 6) is -0.105. The Balaban J connectivity index is 2.45. The number of rotatable bonds is 5. The molecule has 0 spiro atoms. The highest BCUT2D eigenvalue weighted by Crippen LogP contribution is 2.22. The quantitative estimate of drug-likeness (QED) is 0.629. The van der Waals surface area contributed by atoms with Gasteiger partial charge in [0.2, 0.25) is 5.91 Å². The van der Waals surface area contributed by atoms with Gasteiger partial charge in [-0.3, -0.25) is 4.79 Å². The van der Waals surface area contributed by atoms with Gasteiger partial charge in [0.05, 0.1) is 11.5 Å². The summed E-state index contributed by atoms with van der Waals surface area (Å²) in [4.78, 5) is 14.1. The molecule has 19 heavy (non-hydrogen) atoms. The first-order valence-electron chi connectivity index (χ1n) is 7.22. The molecule has 1 amide bonds. The fraction of sp³-hybridized carbons (Fsp3) is 0.929. The predicted molar refractivity (Wildman–Crippen MR) is 76.7 cm³/mol. The average Bonchev–Trinajstić information content (AvgIpc) is 2.49. The Hall–Kier alpha value is -0.650. The SMILES string of the molecule is CN(C)CC(C)(O)CNC(=O)C1CCCCCC1N. The van der Waals surface area contributed by atoms with Gasteiger partial charge in [-0.05, 0) is 33.9 Å². The highest BCUT2D eigenvalue weighted by atomic mass is 16.3. The molecule has 0 aromatic rings. The smallest absolute Gasteiger partial charge is 0.224 e. The van der Waals surface area contributed by atoms with Crippen LogP contribution in [0.4, 0.5) is 0 Å². The highest BCUT2D eigenvalue weighted by Gasteiger charge is 2.29. The van der Waals surface area contributed by atoms with Crippen molar-refractivity contribution in [3.05, 3.63) is 0 Å². The first kappa shape index (κ1) is 16.4. The van der Waals surface area contributed by atoms with Gasteiger partial charge in [0.25, 0.3) is 0 Å². The van der Waals surface area contributed by atoms with Gasteiger partial charge in [-0.2, -0.15) is 0 Å². The Morgan fingerprint density at radius 1 is 1.37 bits per heavy atom. The van der Waals surface area contributed by atoms with Crippen LogP contribution in [0, 0.1) is 5.92 Å². The first-order valence-corrected chi connectivity index (χ1v) is 7.22. The van der Waals surface area contributed by atoms with Crippen molar-refractivity contribution < 1.29 is 9.90 Å². The topological polar surface area (TPSA) is 78.6 Å². The van der Waals surface area contributed by atoms with Gasteiger partial charge in [-0.1, -0.05) is 19.3 Å². The molecule has 1 aliphatic rings. The van der Waals surface area contributed by atoms with Crippen LogP contribution in [0.25, 0.3) is 0 Å². The zero-order chi connectivity index (χ0) is 14.5.